The van der Waals surface area contributed by atoms with Gasteiger partial charge in [-0.15, -0.1) is 0 Å². The van der Waals surface area contributed by atoms with E-state index in [1.165, 1.54) is 18.4 Å². The van der Waals surface area contributed by atoms with Gasteiger partial charge in [0.15, 0.2) is 0 Å². The normalized spacial score (nSPS) is 20.9. The summed E-state index contributed by atoms with van der Waals surface area (Å²) in [6.07, 6.45) is 2.51. The fourth-order valence-corrected chi connectivity index (χ4v) is 2.98. The number of hydrogen-bond acceptors (Lipinski definition) is 3. The third-order valence-corrected chi connectivity index (χ3v) is 4.07. The molecule has 0 bridgehead atoms. The van der Waals surface area contributed by atoms with Gasteiger partial charge < -0.3 is 10.5 Å². The van der Waals surface area contributed by atoms with Gasteiger partial charge in [-0.2, -0.15) is 0 Å². The summed E-state index contributed by atoms with van der Waals surface area (Å²) in [5.41, 5.74) is 7.54. The first-order valence-electron chi connectivity index (χ1n) is 6.69. The summed E-state index contributed by atoms with van der Waals surface area (Å²) >= 11 is 0. The maximum Gasteiger partial charge on any atom is 0.118 e. The Balaban J connectivity index is 2.22. The maximum absolute atomic E-state index is 6.00. The molecule has 1 aliphatic heterocycles. The topological polar surface area (TPSA) is 38.5 Å². The Morgan fingerprint density at radius 2 is 2.00 bits per heavy atom. The largest absolute Gasteiger partial charge is 0.497 e. The van der Waals surface area contributed by atoms with Crippen LogP contribution in [-0.4, -0.2) is 30.6 Å². The van der Waals surface area contributed by atoms with E-state index in [2.05, 4.69) is 30.9 Å². The molecule has 18 heavy (non-hydrogen) atoms. The number of benzene rings is 1. The lowest BCUT2D eigenvalue weighted by Gasteiger charge is -2.38. The average Bonchev–Trinajstić information content (AvgIpc) is 2.71. The van der Waals surface area contributed by atoms with Gasteiger partial charge in [-0.3, -0.25) is 4.90 Å². The summed E-state index contributed by atoms with van der Waals surface area (Å²) in [6.45, 7) is 6.43. The summed E-state index contributed by atoms with van der Waals surface area (Å²) in [5.74, 6) is 0.898. The molecule has 1 fully saturated rings. The van der Waals surface area contributed by atoms with Crippen LogP contribution in [0.5, 0.6) is 5.75 Å². The monoisotopic (exact) mass is 248 g/mol. The van der Waals surface area contributed by atoms with Crippen LogP contribution in [0.15, 0.2) is 24.3 Å². The number of ether oxygens (including phenoxy) is 1. The number of likely N-dealkylation sites (tertiary alicyclic amines) is 1. The fourth-order valence-electron chi connectivity index (χ4n) is 2.98. The molecule has 2 rings (SSSR count). The van der Waals surface area contributed by atoms with Gasteiger partial charge in [0.2, 0.25) is 0 Å². The summed E-state index contributed by atoms with van der Waals surface area (Å²) in [4.78, 5) is 2.54. The van der Waals surface area contributed by atoms with Crippen molar-refractivity contribution in [3.8, 4) is 5.75 Å². The van der Waals surface area contributed by atoms with Crippen molar-refractivity contribution in [1.82, 2.24) is 4.90 Å². The van der Waals surface area contributed by atoms with E-state index in [0.29, 0.717) is 12.6 Å². The van der Waals surface area contributed by atoms with Crippen molar-refractivity contribution < 1.29 is 4.74 Å². The molecule has 100 valence electrons. The number of methoxy groups -OCH3 is 1. The van der Waals surface area contributed by atoms with Crippen molar-refractivity contribution in [3.05, 3.63) is 29.8 Å². The standard InChI is InChI=1S/C15H24N2O/c1-15(2)9-4-10-17(15)14(11-16)12-5-7-13(18-3)8-6-12/h5-8,14H,4,9-11,16H2,1-3H3. The zero-order chi connectivity index (χ0) is 13.2. The molecule has 0 aliphatic carbocycles. The van der Waals surface area contributed by atoms with Gasteiger partial charge in [-0.25, -0.2) is 0 Å². The van der Waals surface area contributed by atoms with Crippen molar-refractivity contribution in [2.75, 3.05) is 20.2 Å². The smallest absolute Gasteiger partial charge is 0.118 e. The quantitative estimate of drug-likeness (QED) is 0.890. The van der Waals surface area contributed by atoms with Crippen LogP contribution in [0.3, 0.4) is 0 Å². The highest BCUT2D eigenvalue weighted by Crippen LogP contribution is 2.36. The van der Waals surface area contributed by atoms with Crippen LogP contribution in [0.1, 0.15) is 38.3 Å². The molecule has 1 aromatic carbocycles. The molecule has 1 aliphatic rings. The summed E-state index contributed by atoms with van der Waals surface area (Å²) in [5, 5.41) is 0. The molecule has 0 saturated carbocycles. The number of nitrogens with zero attached hydrogens (tertiary/aromatic N) is 1. The SMILES string of the molecule is COc1ccc(C(CN)N2CCCC2(C)C)cc1. The highest BCUT2D eigenvalue weighted by Gasteiger charge is 2.36. The number of nitrogens with two attached hydrogens (primary N) is 1. The molecule has 3 nitrogen and oxygen atoms in total. The molecule has 0 amide bonds. The third kappa shape index (κ3) is 2.52. The van der Waals surface area contributed by atoms with Gasteiger partial charge in [0.05, 0.1) is 7.11 Å². The summed E-state index contributed by atoms with van der Waals surface area (Å²) in [7, 11) is 1.69. The molecule has 1 saturated heterocycles. The predicted molar refractivity (Wildman–Crippen MR) is 74.8 cm³/mol. The Bertz CT molecular complexity index is 386. The Morgan fingerprint density at radius 3 is 2.44 bits per heavy atom. The van der Waals surface area contributed by atoms with Gasteiger partial charge in [0.1, 0.15) is 5.75 Å². The molecule has 1 unspecified atom stereocenters. The molecule has 2 N–H and O–H groups in total. The van der Waals surface area contributed by atoms with Gasteiger partial charge >= 0.3 is 0 Å². The first-order valence-corrected chi connectivity index (χ1v) is 6.69. The second-order valence-electron chi connectivity index (χ2n) is 5.63. The predicted octanol–water partition coefficient (Wildman–Crippen LogP) is 2.57. The minimum atomic E-state index is 0.254. The van der Waals surface area contributed by atoms with E-state index < -0.39 is 0 Å². The van der Waals surface area contributed by atoms with Crippen LogP contribution in [0.2, 0.25) is 0 Å². The molecule has 1 aromatic rings. The first-order chi connectivity index (χ1) is 8.58. The Kier molecular flexibility index (Phi) is 3.93. The lowest BCUT2D eigenvalue weighted by molar-refractivity contribution is 0.119. The summed E-state index contributed by atoms with van der Waals surface area (Å²) < 4.78 is 5.20. The van der Waals surface area contributed by atoms with Crippen molar-refractivity contribution in [3.63, 3.8) is 0 Å². The minimum absolute atomic E-state index is 0.254. The molecule has 0 radical (unpaired) electrons. The average molecular weight is 248 g/mol. The maximum atomic E-state index is 6.00. The van der Waals surface area contributed by atoms with E-state index in [1.807, 2.05) is 12.1 Å². The second kappa shape index (κ2) is 5.29. The van der Waals surface area contributed by atoms with Gasteiger partial charge in [0.25, 0.3) is 0 Å². The zero-order valence-corrected chi connectivity index (χ0v) is 11.6. The van der Waals surface area contributed by atoms with E-state index in [9.17, 15) is 0 Å². The van der Waals surface area contributed by atoms with E-state index in [-0.39, 0.29) is 5.54 Å². The minimum Gasteiger partial charge on any atom is -0.497 e. The highest BCUT2D eigenvalue weighted by atomic mass is 16.5. The van der Waals surface area contributed by atoms with E-state index >= 15 is 0 Å². The van der Waals surface area contributed by atoms with Crippen LogP contribution in [0.4, 0.5) is 0 Å². The number of rotatable bonds is 4. The number of hydrogen-bond donors (Lipinski definition) is 1. The zero-order valence-electron chi connectivity index (χ0n) is 11.6. The van der Waals surface area contributed by atoms with E-state index in [0.717, 1.165) is 12.3 Å². The van der Waals surface area contributed by atoms with Gasteiger partial charge in [-0.1, -0.05) is 12.1 Å². The van der Waals surface area contributed by atoms with E-state index in [1.54, 1.807) is 7.11 Å². The Morgan fingerprint density at radius 1 is 1.33 bits per heavy atom. The van der Waals surface area contributed by atoms with Crippen molar-refractivity contribution in [1.29, 1.82) is 0 Å². The highest BCUT2D eigenvalue weighted by molar-refractivity contribution is 5.29. The molecule has 1 atom stereocenters. The van der Waals surface area contributed by atoms with Gasteiger partial charge in [0, 0.05) is 18.1 Å². The summed E-state index contributed by atoms with van der Waals surface area (Å²) in [6, 6.07) is 8.60. The van der Waals surface area contributed by atoms with Crippen LogP contribution < -0.4 is 10.5 Å². The fraction of sp³-hybridized carbons (Fsp3) is 0.600. The Labute approximate surface area is 110 Å². The van der Waals surface area contributed by atoms with Gasteiger partial charge in [-0.05, 0) is 50.9 Å². The molecule has 1 heterocycles. The third-order valence-electron chi connectivity index (χ3n) is 4.07. The first kappa shape index (κ1) is 13.4. The lowest BCUT2D eigenvalue weighted by Crippen LogP contribution is -2.43. The van der Waals surface area contributed by atoms with Crippen molar-refractivity contribution in [2.45, 2.75) is 38.3 Å². The van der Waals surface area contributed by atoms with Crippen LogP contribution >= 0.6 is 0 Å². The lowest BCUT2D eigenvalue weighted by atomic mass is 9.97. The van der Waals surface area contributed by atoms with Crippen LogP contribution in [-0.2, 0) is 0 Å². The van der Waals surface area contributed by atoms with Crippen LogP contribution in [0, 0.1) is 0 Å². The molecule has 3 heteroatoms. The van der Waals surface area contributed by atoms with Crippen molar-refractivity contribution in [2.24, 2.45) is 5.73 Å². The molecular weight excluding hydrogens is 224 g/mol. The van der Waals surface area contributed by atoms with Crippen LogP contribution in [0.25, 0.3) is 0 Å². The molecule has 0 spiro atoms. The molecular formula is C15H24N2O. The second-order valence-corrected chi connectivity index (χ2v) is 5.63. The Hall–Kier alpha value is -1.06. The van der Waals surface area contributed by atoms with E-state index in [4.69, 9.17) is 10.5 Å². The van der Waals surface area contributed by atoms with Crippen molar-refractivity contribution >= 4 is 0 Å². The molecule has 0 aromatic heterocycles.